The fourth-order valence-corrected chi connectivity index (χ4v) is 4.19. The van der Waals surface area contributed by atoms with Gasteiger partial charge in [0.1, 0.15) is 17.3 Å². The summed E-state index contributed by atoms with van der Waals surface area (Å²) in [5.41, 5.74) is -0.508. The van der Waals surface area contributed by atoms with Gasteiger partial charge in [0, 0.05) is 24.2 Å². The molecule has 2 N–H and O–H groups in total. The van der Waals surface area contributed by atoms with Gasteiger partial charge in [0.2, 0.25) is 5.69 Å². The number of hydrogen-bond acceptors (Lipinski definition) is 4. The first-order chi connectivity index (χ1) is 17.8. The molecule has 0 aliphatic rings. The van der Waals surface area contributed by atoms with Crippen molar-refractivity contribution >= 4 is 11.6 Å². The molecule has 38 heavy (non-hydrogen) atoms. The van der Waals surface area contributed by atoms with Gasteiger partial charge in [-0.3, -0.25) is 4.79 Å². The van der Waals surface area contributed by atoms with Gasteiger partial charge in [-0.1, -0.05) is 6.07 Å². The number of nitrogens with one attached hydrogen (secondary N) is 2. The molecule has 0 saturated heterocycles. The first kappa shape index (κ1) is 26.6. The van der Waals surface area contributed by atoms with Crippen molar-refractivity contribution in [2.24, 2.45) is 0 Å². The summed E-state index contributed by atoms with van der Waals surface area (Å²) in [6.45, 7) is 4.65. The highest BCUT2D eigenvalue weighted by atomic mass is 19.4. The molecule has 0 radical (unpaired) electrons. The van der Waals surface area contributed by atoms with E-state index in [0.717, 1.165) is 24.3 Å². The van der Waals surface area contributed by atoms with Crippen LogP contribution in [0.2, 0.25) is 0 Å². The first-order valence-corrected chi connectivity index (χ1v) is 11.1. The number of nitrogens with zero attached hydrogens (tertiary/aromatic N) is 2. The van der Waals surface area contributed by atoms with Gasteiger partial charge in [0.15, 0.2) is 17.2 Å². The number of alkyl halides is 3. The van der Waals surface area contributed by atoms with Crippen molar-refractivity contribution in [3.8, 4) is 28.5 Å². The van der Waals surface area contributed by atoms with Gasteiger partial charge in [0.25, 0.3) is 5.91 Å². The largest absolute Gasteiger partial charge is 0.710 e. The third kappa shape index (κ3) is 4.89. The second-order valence-corrected chi connectivity index (χ2v) is 8.56. The zero-order valence-corrected chi connectivity index (χ0v) is 20.6. The molecule has 0 atom stereocenters. The lowest BCUT2D eigenvalue weighted by atomic mass is 9.98. The number of imidazole rings is 1. The number of carbonyl (C=O) groups is 1. The average Bonchev–Trinajstić information content (AvgIpc) is 3.12. The molecule has 12 heteroatoms. The van der Waals surface area contributed by atoms with Crippen LogP contribution in [0.4, 0.5) is 27.6 Å². The van der Waals surface area contributed by atoms with Gasteiger partial charge in [-0.2, -0.15) is 13.2 Å². The Morgan fingerprint density at radius 1 is 1.05 bits per heavy atom. The maximum Gasteiger partial charge on any atom is 0.416 e. The van der Waals surface area contributed by atoms with Gasteiger partial charge in [-0.15, -0.1) is 0 Å². The van der Waals surface area contributed by atoms with E-state index in [1.807, 2.05) is 0 Å². The smallest absolute Gasteiger partial charge is 0.416 e. The first-order valence-electron chi connectivity index (χ1n) is 11.1. The molecule has 7 nitrogen and oxygen atoms in total. The van der Waals surface area contributed by atoms with Crippen molar-refractivity contribution in [1.82, 2.24) is 9.97 Å². The van der Waals surface area contributed by atoms with Gasteiger partial charge in [0.05, 0.1) is 12.7 Å². The van der Waals surface area contributed by atoms with Crippen LogP contribution < -0.4 is 14.8 Å². The molecule has 1 amide bonds. The van der Waals surface area contributed by atoms with Gasteiger partial charge in [-0.25, -0.2) is 23.5 Å². The lowest BCUT2D eigenvalue weighted by Crippen LogP contribution is -2.37. The molecule has 2 aromatic carbocycles. The van der Waals surface area contributed by atoms with E-state index in [9.17, 15) is 27.6 Å². The Hall–Kier alpha value is -4.48. The second-order valence-electron chi connectivity index (χ2n) is 8.56. The number of halogens is 5. The Labute approximate surface area is 213 Å². The number of methoxy groups -OCH3 is 1. The summed E-state index contributed by atoms with van der Waals surface area (Å²) in [5, 5.41) is 15.4. The van der Waals surface area contributed by atoms with E-state index in [0.29, 0.717) is 16.7 Å². The zero-order chi connectivity index (χ0) is 27.9. The molecule has 4 rings (SSSR count). The number of H-pyrrole nitrogens is 1. The van der Waals surface area contributed by atoms with E-state index >= 15 is 4.39 Å². The number of rotatable bonds is 5. The molecule has 0 saturated carbocycles. The van der Waals surface area contributed by atoms with Crippen LogP contribution in [0.15, 0.2) is 42.5 Å². The van der Waals surface area contributed by atoms with E-state index in [2.05, 4.69) is 15.3 Å². The number of aryl methyl sites for hydroxylation is 3. The second kappa shape index (κ2) is 9.77. The van der Waals surface area contributed by atoms with Crippen LogP contribution in [0.1, 0.15) is 32.9 Å². The highest BCUT2D eigenvalue weighted by Gasteiger charge is 2.32. The van der Waals surface area contributed by atoms with Crippen LogP contribution >= 0.6 is 0 Å². The molecule has 2 heterocycles. The van der Waals surface area contributed by atoms with Gasteiger partial charge < -0.3 is 15.3 Å². The van der Waals surface area contributed by atoms with Crippen molar-refractivity contribution in [1.29, 1.82) is 0 Å². The quantitative estimate of drug-likeness (QED) is 0.191. The molecule has 4 aromatic rings. The van der Waals surface area contributed by atoms with Crippen molar-refractivity contribution < 1.29 is 36.2 Å². The Bertz CT molecular complexity index is 1540. The lowest BCUT2D eigenvalue weighted by molar-refractivity contribution is -0.594. The highest BCUT2D eigenvalue weighted by molar-refractivity contribution is 6.02. The Balaban J connectivity index is 1.79. The van der Waals surface area contributed by atoms with Crippen molar-refractivity contribution in [2.75, 3.05) is 12.4 Å². The maximum absolute atomic E-state index is 15.1. The van der Waals surface area contributed by atoms with Crippen LogP contribution in [0.3, 0.4) is 0 Å². The predicted molar refractivity (Wildman–Crippen MR) is 128 cm³/mol. The molecule has 198 valence electrons. The molecule has 2 aromatic heterocycles. The molecule has 0 unspecified atom stereocenters. The summed E-state index contributed by atoms with van der Waals surface area (Å²) < 4.78 is 73.5. The van der Waals surface area contributed by atoms with Crippen LogP contribution in [-0.4, -0.2) is 23.0 Å². The number of ether oxygens (including phenoxy) is 1. The molecular weight excluding hydrogens is 511 g/mol. The topological polar surface area (TPSA) is 94.0 Å². The minimum Gasteiger partial charge on any atom is -0.710 e. The fraction of sp³-hybridized carbons (Fsp3) is 0.192. The highest BCUT2D eigenvalue weighted by Crippen LogP contribution is 2.36. The summed E-state index contributed by atoms with van der Waals surface area (Å²) in [7, 11) is 1.30. The number of anilines is 1. The predicted octanol–water partition coefficient (Wildman–Crippen LogP) is 5.86. The van der Waals surface area contributed by atoms with E-state index in [1.165, 1.54) is 32.2 Å². The summed E-state index contributed by atoms with van der Waals surface area (Å²) in [4.78, 5) is 19.8. The summed E-state index contributed by atoms with van der Waals surface area (Å²) in [6.07, 6.45) is -4.63. The van der Waals surface area contributed by atoms with E-state index in [1.54, 1.807) is 13.8 Å². The van der Waals surface area contributed by atoms with E-state index in [4.69, 9.17) is 4.74 Å². The monoisotopic (exact) mass is 532 g/mol. The van der Waals surface area contributed by atoms with Crippen LogP contribution in [-0.2, 0) is 6.18 Å². The lowest BCUT2D eigenvalue weighted by Gasteiger charge is -2.15. The number of aromatic amines is 1. The standard InChI is InChI=1S/C26H21F5N4O3/c1-12-8-16(27)9-13(2)20(12)22-19(38-4)11-18(28)21(34-22)24-32-14(3)23(35(24)37)25(36)33-17-7-5-6-15(10-17)26(29,30)31/h5-11,32H,1-4H3,(H,33,36). The Morgan fingerprint density at radius 2 is 1.71 bits per heavy atom. The Morgan fingerprint density at radius 3 is 2.32 bits per heavy atom. The van der Waals surface area contributed by atoms with E-state index < -0.39 is 46.5 Å². The molecule has 0 aliphatic carbocycles. The SMILES string of the molecule is COc1cc(F)c(-c2[nH]c(C)c(C(=O)Nc3cccc(C(F)(F)F)c3)[n+]2[O-])nc1-c1c(C)cc(F)cc1C. The summed E-state index contributed by atoms with van der Waals surface area (Å²) in [5.74, 6) is -2.82. The molecule has 0 aliphatic heterocycles. The maximum atomic E-state index is 15.1. The van der Waals surface area contributed by atoms with Crippen molar-refractivity contribution in [2.45, 2.75) is 26.9 Å². The number of aromatic nitrogens is 3. The van der Waals surface area contributed by atoms with Gasteiger partial charge >= 0.3 is 12.0 Å². The van der Waals surface area contributed by atoms with Crippen molar-refractivity contribution in [3.63, 3.8) is 0 Å². The average molecular weight is 532 g/mol. The van der Waals surface area contributed by atoms with Crippen LogP contribution in [0.5, 0.6) is 5.75 Å². The number of pyridine rings is 1. The third-order valence-electron chi connectivity index (χ3n) is 5.85. The molecular formula is C26H21F5N4O3. The number of hydrogen-bond donors (Lipinski definition) is 2. The molecule has 0 spiro atoms. The Kier molecular flexibility index (Phi) is 6.83. The van der Waals surface area contributed by atoms with Crippen LogP contribution in [0.25, 0.3) is 22.8 Å². The zero-order valence-electron chi connectivity index (χ0n) is 20.6. The minimum absolute atomic E-state index is 0.0205. The van der Waals surface area contributed by atoms with Gasteiger partial charge in [-0.05, 0) is 55.3 Å². The van der Waals surface area contributed by atoms with Crippen LogP contribution in [0, 0.1) is 37.6 Å². The molecule has 0 fully saturated rings. The van der Waals surface area contributed by atoms with Crippen molar-refractivity contribution in [3.05, 3.63) is 87.4 Å². The normalized spacial score (nSPS) is 11.5. The number of carbonyl (C=O) groups excluding carboxylic acids is 1. The summed E-state index contributed by atoms with van der Waals surface area (Å²) in [6, 6.07) is 7.46. The number of benzene rings is 2. The molecule has 0 bridgehead atoms. The number of amides is 1. The summed E-state index contributed by atoms with van der Waals surface area (Å²) >= 11 is 0. The minimum atomic E-state index is -4.63. The fourth-order valence-electron chi connectivity index (χ4n) is 4.19. The van der Waals surface area contributed by atoms with E-state index in [-0.39, 0.29) is 27.6 Å². The third-order valence-corrected chi connectivity index (χ3v) is 5.85.